The first-order valence-electron chi connectivity index (χ1n) is 8.41. The minimum Gasteiger partial charge on any atom is -0.355 e. The molecule has 1 heterocycles. The summed E-state index contributed by atoms with van der Waals surface area (Å²) in [7, 11) is 0. The predicted octanol–water partition coefficient (Wildman–Crippen LogP) is 3.89. The summed E-state index contributed by atoms with van der Waals surface area (Å²) < 4.78 is 0. The summed E-state index contributed by atoms with van der Waals surface area (Å²) in [5.41, 5.74) is 4.57. The molecule has 0 saturated carbocycles. The lowest BCUT2D eigenvalue weighted by molar-refractivity contribution is -0.120. The van der Waals surface area contributed by atoms with Gasteiger partial charge in [0.05, 0.1) is 5.25 Å². The molecule has 126 valence electrons. The van der Waals surface area contributed by atoms with Crippen LogP contribution in [-0.4, -0.2) is 27.7 Å². The number of nitrogens with one attached hydrogen (secondary N) is 1. The topological polar surface area (TPSA) is 54.9 Å². The molecule has 1 aromatic rings. The van der Waals surface area contributed by atoms with E-state index in [0.29, 0.717) is 5.16 Å². The Morgan fingerprint density at radius 3 is 2.57 bits per heavy atom. The molecule has 0 fully saturated rings. The van der Waals surface area contributed by atoms with Gasteiger partial charge < -0.3 is 5.32 Å². The van der Waals surface area contributed by atoms with Crippen LogP contribution in [0.3, 0.4) is 0 Å². The van der Waals surface area contributed by atoms with E-state index >= 15 is 0 Å². The largest absolute Gasteiger partial charge is 0.355 e. The Kier molecular flexibility index (Phi) is 6.63. The molecule has 23 heavy (non-hydrogen) atoms. The minimum absolute atomic E-state index is 0.0610. The van der Waals surface area contributed by atoms with Crippen molar-refractivity contribution in [1.82, 2.24) is 15.3 Å². The number of allylic oxidation sites excluding steroid dienone is 1. The quantitative estimate of drug-likeness (QED) is 0.487. The van der Waals surface area contributed by atoms with Crippen LogP contribution in [0, 0.1) is 20.8 Å². The molecule has 0 bridgehead atoms. The highest BCUT2D eigenvalue weighted by atomic mass is 32.2. The molecule has 1 aliphatic rings. The Morgan fingerprint density at radius 1 is 1.26 bits per heavy atom. The molecule has 4 nitrogen and oxygen atoms in total. The third-order valence-electron chi connectivity index (χ3n) is 4.39. The second-order valence-corrected chi connectivity index (χ2v) is 7.52. The van der Waals surface area contributed by atoms with Crippen LogP contribution in [-0.2, 0) is 4.79 Å². The number of nitrogens with zero attached hydrogens (tertiary/aromatic N) is 2. The van der Waals surface area contributed by atoms with Gasteiger partial charge in [0, 0.05) is 17.9 Å². The number of thioether (sulfide) groups is 1. The van der Waals surface area contributed by atoms with Crippen molar-refractivity contribution >= 4 is 17.7 Å². The van der Waals surface area contributed by atoms with Crippen LogP contribution in [0.4, 0.5) is 0 Å². The number of carbonyl (C=O) groups excluding carboxylic acids is 1. The molecule has 5 heteroatoms. The van der Waals surface area contributed by atoms with E-state index in [-0.39, 0.29) is 11.2 Å². The van der Waals surface area contributed by atoms with Gasteiger partial charge in [-0.3, -0.25) is 4.79 Å². The van der Waals surface area contributed by atoms with Crippen LogP contribution in [0.5, 0.6) is 0 Å². The van der Waals surface area contributed by atoms with Crippen LogP contribution in [0.2, 0.25) is 0 Å². The predicted molar refractivity (Wildman–Crippen MR) is 95.7 cm³/mol. The average molecular weight is 334 g/mol. The lowest BCUT2D eigenvalue weighted by Crippen LogP contribution is -2.32. The maximum atomic E-state index is 12.2. The zero-order valence-electron chi connectivity index (χ0n) is 14.6. The molecule has 1 atom stereocenters. The first-order chi connectivity index (χ1) is 11.0. The van der Waals surface area contributed by atoms with Gasteiger partial charge in [-0.05, 0) is 65.4 Å². The number of carbonyl (C=O) groups is 1. The molecule has 1 N–H and O–H groups in total. The van der Waals surface area contributed by atoms with Crippen LogP contribution in [0.15, 0.2) is 16.8 Å². The van der Waals surface area contributed by atoms with Crippen molar-refractivity contribution < 1.29 is 4.79 Å². The normalized spacial score (nSPS) is 15.9. The molecule has 1 amide bonds. The van der Waals surface area contributed by atoms with Crippen LogP contribution in [0.25, 0.3) is 0 Å². The number of rotatable bonds is 6. The van der Waals surface area contributed by atoms with Crippen LogP contribution < -0.4 is 5.32 Å². The fourth-order valence-corrected chi connectivity index (χ4v) is 3.51. The van der Waals surface area contributed by atoms with E-state index in [9.17, 15) is 4.79 Å². The van der Waals surface area contributed by atoms with Gasteiger partial charge in [0.25, 0.3) is 0 Å². The van der Waals surface area contributed by atoms with Crippen molar-refractivity contribution in [1.29, 1.82) is 0 Å². The number of aromatic nitrogens is 2. The van der Waals surface area contributed by atoms with Crippen molar-refractivity contribution in [2.75, 3.05) is 6.54 Å². The Hall–Kier alpha value is -1.36. The second kappa shape index (κ2) is 8.48. The van der Waals surface area contributed by atoms with Gasteiger partial charge in [0.2, 0.25) is 5.91 Å². The van der Waals surface area contributed by atoms with E-state index in [0.717, 1.165) is 29.9 Å². The van der Waals surface area contributed by atoms with E-state index in [2.05, 4.69) is 21.4 Å². The Morgan fingerprint density at radius 2 is 1.96 bits per heavy atom. The zero-order valence-corrected chi connectivity index (χ0v) is 15.4. The summed E-state index contributed by atoms with van der Waals surface area (Å²) >= 11 is 1.43. The summed E-state index contributed by atoms with van der Waals surface area (Å²) in [4.78, 5) is 21.2. The molecule has 0 spiro atoms. The fraction of sp³-hybridized carbons (Fsp3) is 0.611. The number of hydrogen-bond acceptors (Lipinski definition) is 4. The van der Waals surface area contributed by atoms with E-state index in [4.69, 9.17) is 0 Å². The number of amides is 1. The molecule has 0 radical (unpaired) electrons. The summed E-state index contributed by atoms with van der Waals surface area (Å²) in [6.07, 6.45) is 8.28. The van der Waals surface area contributed by atoms with Crippen molar-refractivity contribution in [2.45, 2.75) is 70.2 Å². The molecule has 0 saturated heterocycles. The third-order valence-corrected chi connectivity index (χ3v) is 5.35. The summed E-state index contributed by atoms with van der Waals surface area (Å²) in [6.45, 7) is 8.62. The number of hydrogen-bond donors (Lipinski definition) is 1. The number of aryl methyl sites for hydroxylation is 2. The van der Waals surface area contributed by atoms with Gasteiger partial charge in [-0.1, -0.05) is 23.4 Å². The lowest BCUT2D eigenvalue weighted by Gasteiger charge is -2.15. The molecular weight excluding hydrogens is 306 g/mol. The lowest BCUT2D eigenvalue weighted by atomic mass is 9.97. The van der Waals surface area contributed by atoms with Gasteiger partial charge in [-0.25, -0.2) is 9.97 Å². The summed E-state index contributed by atoms with van der Waals surface area (Å²) in [5, 5.41) is 3.53. The van der Waals surface area contributed by atoms with Gasteiger partial charge in [0.1, 0.15) is 0 Å². The fourth-order valence-electron chi connectivity index (χ4n) is 2.63. The molecule has 0 unspecified atom stereocenters. The summed E-state index contributed by atoms with van der Waals surface area (Å²) in [6, 6.07) is 0. The molecule has 0 aliphatic heterocycles. The molecule has 0 aromatic carbocycles. The Balaban J connectivity index is 1.81. The van der Waals surface area contributed by atoms with Gasteiger partial charge in [-0.2, -0.15) is 0 Å². The first kappa shape index (κ1) is 18.0. The van der Waals surface area contributed by atoms with E-state index in [1.807, 2.05) is 27.7 Å². The highest BCUT2D eigenvalue weighted by Gasteiger charge is 2.17. The van der Waals surface area contributed by atoms with Crippen LogP contribution in [0.1, 0.15) is 56.0 Å². The first-order valence-corrected chi connectivity index (χ1v) is 9.29. The van der Waals surface area contributed by atoms with Crippen molar-refractivity contribution in [3.05, 3.63) is 28.6 Å². The molecule has 1 aromatic heterocycles. The van der Waals surface area contributed by atoms with Crippen molar-refractivity contribution in [3.8, 4) is 0 Å². The van der Waals surface area contributed by atoms with Crippen molar-refractivity contribution in [2.24, 2.45) is 0 Å². The van der Waals surface area contributed by atoms with Gasteiger partial charge in [-0.15, -0.1) is 0 Å². The van der Waals surface area contributed by atoms with E-state index in [1.165, 1.54) is 43.0 Å². The molecule has 1 aliphatic carbocycles. The molecule has 2 rings (SSSR count). The van der Waals surface area contributed by atoms with Crippen molar-refractivity contribution in [3.63, 3.8) is 0 Å². The monoisotopic (exact) mass is 333 g/mol. The highest BCUT2D eigenvalue weighted by Crippen LogP contribution is 2.22. The minimum atomic E-state index is -0.183. The molecular formula is C18H27N3OS. The second-order valence-electron chi connectivity index (χ2n) is 6.21. The smallest absolute Gasteiger partial charge is 0.233 e. The van der Waals surface area contributed by atoms with E-state index < -0.39 is 0 Å². The highest BCUT2D eigenvalue weighted by molar-refractivity contribution is 8.00. The summed E-state index contributed by atoms with van der Waals surface area (Å²) in [5.74, 6) is 0.0610. The van der Waals surface area contributed by atoms with Gasteiger partial charge in [0.15, 0.2) is 5.16 Å². The average Bonchev–Trinajstić information content (AvgIpc) is 2.53. The van der Waals surface area contributed by atoms with Gasteiger partial charge >= 0.3 is 0 Å². The standard InChI is InChI=1S/C18H27N3OS/c1-12-13(2)20-18(21-14(12)3)23-15(4)17(22)19-11-10-16-8-6-5-7-9-16/h8,15H,5-7,9-11H2,1-4H3,(H,19,22)/t15-/m1/s1. The maximum absolute atomic E-state index is 12.2. The SMILES string of the molecule is Cc1nc(S[C@H](C)C(=O)NCCC2=CCCCC2)nc(C)c1C. The Labute approximate surface area is 143 Å². The zero-order chi connectivity index (χ0) is 16.8. The van der Waals surface area contributed by atoms with E-state index in [1.54, 1.807) is 0 Å². The van der Waals surface area contributed by atoms with Crippen LogP contribution >= 0.6 is 11.8 Å². The maximum Gasteiger partial charge on any atom is 0.233 e. The third kappa shape index (κ3) is 5.34. The Bertz CT molecular complexity index is 575.